The van der Waals surface area contributed by atoms with Crippen LogP contribution in [0.25, 0.3) is 22.0 Å². The van der Waals surface area contributed by atoms with E-state index in [0.29, 0.717) is 5.92 Å². The molecule has 0 saturated heterocycles. The molecule has 0 aliphatic rings. The van der Waals surface area contributed by atoms with Crippen LogP contribution in [-0.4, -0.2) is 0 Å². The Hall–Kier alpha value is -2.15. The molecule has 0 aliphatic heterocycles. The van der Waals surface area contributed by atoms with E-state index in [0.717, 1.165) is 0 Å². The zero-order valence-electron chi connectivity index (χ0n) is 14.1. The van der Waals surface area contributed by atoms with Crippen LogP contribution in [0.15, 0.2) is 48.5 Å². The molecule has 1 aromatic heterocycles. The van der Waals surface area contributed by atoms with E-state index < -0.39 is 0 Å². The van der Waals surface area contributed by atoms with Gasteiger partial charge in [0.05, 0.1) is 5.39 Å². The molecule has 112 valence electrons. The van der Waals surface area contributed by atoms with E-state index in [2.05, 4.69) is 87.8 Å². The number of benzene rings is 2. The first-order chi connectivity index (χ1) is 10.5. The summed E-state index contributed by atoms with van der Waals surface area (Å²) in [5.41, 5.74) is 6.67. The monoisotopic (exact) mass is 290 g/mol. The number of rotatable bonds is 2. The minimum absolute atomic E-state index is 0.528. The van der Waals surface area contributed by atoms with E-state index >= 15 is 0 Å². The van der Waals surface area contributed by atoms with Crippen molar-refractivity contribution in [2.24, 2.45) is 7.05 Å². The molecule has 0 atom stereocenters. The van der Waals surface area contributed by atoms with E-state index in [1.54, 1.807) is 0 Å². The van der Waals surface area contributed by atoms with Gasteiger partial charge in [-0.05, 0) is 41.5 Å². The van der Waals surface area contributed by atoms with Crippen molar-refractivity contribution < 1.29 is 4.57 Å². The molecule has 0 radical (unpaired) electrons. The molecule has 0 fully saturated rings. The Morgan fingerprint density at radius 2 is 1.59 bits per heavy atom. The Kier molecular flexibility index (Phi) is 3.74. The molecule has 0 unspecified atom stereocenters. The fourth-order valence-corrected chi connectivity index (χ4v) is 3.28. The van der Waals surface area contributed by atoms with Gasteiger partial charge in [0.1, 0.15) is 7.05 Å². The summed E-state index contributed by atoms with van der Waals surface area (Å²) in [5, 5.41) is 2.72. The second-order valence-electron chi connectivity index (χ2n) is 6.47. The van der Waals surface area contributed by atoms with Crippen molar-refractivity contribution in [3.8, 4) is 11.3 Å². The first kappa shape index (κ1) is 14.8. The maximum Gasteiger partial charge on any atom is 0.220 e. The molecule has 1 heterocycles. The molecule has 1 nitrogen and oxygen atoms in total. The second-order valence-corrected chi connectivity index (χ2v) is 6.47. The lowest BCUT2D eigenvalue weighted by molar-refractivity contribution is -0.665. The van der Waals surface area contributed by atoms with Gasteiger partial charge in [-0.15, -0.1) is 0 Å². The zero-order valence-corrected chi connectivity index (χ0v) is 14.1. The predicted molar refractivity (Wildman–Crippen MR) is 94.1 cm³/mol. The summed E-state index contributed by atoms with van der Waals surface area (Å²) >= 11 is 0. The van der Waals surface area contributed by atoms with Crippen LogP contribution in [0.5, 0.6) is 0 Å². The Morgan fingerprint density at radius 1 is 0.864 bits per heavy atom. The van der Waals surface area contributed by atoms with Crippen LogP contribution in [-0.2, 0) is 7.05 Å². The fraction of sp³-hybridized carbons (Fsp3) is 0.286. The van der Waals surface area contributed by atoms with E-state index in [-0.39, 0.29) is 0 Å². The highest BCUT2D eigenvalue weighted by Gasteiger charge is 2.20. The summed E-state index contributed by atoms with van der Waals surface area (Å²) < 4.78 is 2.31. The van der Waals surface area contributed by atoms with Crippen molar-refractivity contribution >= 4 is 10.8 Å². The molecule has 0 spiro atoms. The van der Waals surface area contributed by atoms with Crippen molar-refractivity contribution in [1.29, 1.82) is 0 Å². The maximum absolute atomic E-state index is 2.33. The van der Waals surface area contributed by atoms with Crippen LogP contribution in [0.3, 0.4) is 0 Å². The van der Waals surface area contributed by atoms with E-state index in [1.165, 1.54) is 38.9 Å². The Morgan fingerprint density at radius 3 is 2.27 bits per heavy atom. The van der Waals surface area contributed by atoms with Gasteiger partial charge in [-0.3, -0.25) is 0 Å². The zero-order chi connectivity index (χ0) is 15.9. The molecule has 0 bridgehead atoms. The topological polar surface area (TPSA) is 3.88 Å². The lowest BCUT2D eigenvalue weighted by Crippen LogP contribution is -2.35. The van der Waals surface area contributed by atoms with Crippen molar-refractivity contribution in [3.63, 3.8) is 0 Å². The maximum atomic E-state index is 2.33. The third-order valence-corrected chi connectivity index (χ3v) is 4.63. The van der Waals surface area contributed by atoms with Crippen LogP contribution in [0.4, 0.5) is 0 Å². The standard InChI is InChI=1S/C21H24N/c1-14(2)17-11-8-12-19-20(17)13-16(4)22(5)21(19)18-10-7-6-9-15(18)3/h6-14H,1-5H3/q+1. The highest BCUT2D eigenvalue weighted by atomic mass is 14.9. The molecule has 3 aromatic rings. The molecule has 2 aromatic carbocycles. The second kappa shape index (κ2) is 5.57. The van der Waals surface area contributed by atoms with Crippen LogP contribution >= 0.6 is 0 Å². The highest BCUT2D eigenvalue weighted by molar-refractivity contribution is 5.96. The van der Waals surface area contributed by atoms with Gasteiger partial charge in [-0.2, -0.15) is 4.57 Å². The van der Waals surface area contributed by atoms with Crippen molar-refractivity contribution in [2.75, 3.05) is 0 Å². The summed E-state index contributed by atoms with van der Waals surface area (Å²) in [6, 6.07) is 17.7. The van der Waals surface area contributed by atoms with Crippen molar-refractivity contribution in [1.82, 2.24) is 0 Å². The number of aryl methyl sites for hydroxylation is 2. The predicted octanol–water partition coefficient (Wildman–Crippen LogP) is 5.07. The van der Waals surface area contributed by atoms with E-state index in [1.807, 2.05) is 0 Å². The number of hydrogen-bond donors (Lipinski definition) is 0. The minimum atomic E-state index is 0.528. The SMILES string of the molecule is Cc1ccccc1-c1c2cccc(C(C)C)c2cc(C)[n+]1C. The number of aromatic nitrogens is 1. The summed E-state index contributed by atoms with van der Waals surface area (Å²) in [5.74, 6) is 0.528. The smallest absolute Gasteiger partial charge is 0.198 e. The lowest BCUT2D eigenvalue weighted by Gasteiger charge is -2.14. The molecular weight excluding hydrogens is 266 g/mol. The third-order valence-electron chi connectivity index (χ3n) is 4.63. The first-order valence-corrected chi connectivity index (χ1v) is 7.99. The van der Waals surface area contributed by atoms with Gasteiger partial charge in [-0.1, -0.05) is 44.2 Å². The first-order valence-electron chi connectivity index (χ1n) is 7.99. The third kappa shape index (κ3) is 2.31. The molecule has 0 saturated carbocycles. The number of fused-ring (bicyclic) bond motifs is 1. The lowest BCUT2D eigenvalue weighted by atomic mass is 9.92. The summed E-state index contributed by atoms with van der Waals surface area (Å²) in [6.07, 6.45) is 0. The molecule has 0 aliphatic carbocycles. The van der Waals surface area contributed by atoms with E-state index in [9.17, 15) is 0 Å². The Balaban J connectivity index is 2.47. The molecule has 3 rings (SSSR count). The van der Waals surface area contributed by atoms with Crippen LogP contribution in [0.2, 0.25) is 0 Å². The van der Waals surface area contributed by atoms with Gasteiger partial charge >= 0.3 is 0 Å². The minimum Gasteiger partial charge on any atom is -0.198 e. The largest absolute Gasteiger partial charge is 0.220 e. The molecule has 0 N–H and O–H groups in total. The number of pyridine rings is 1. The van der Waals surface area contributed by atoms with Gasteiger partial charge in [0.2, 0.25) is 5.69 Å². The molecule has 1 heteroatoms. The fourth-order valence-electron chi connectivity index (χ4n) is 3.28. The summed E-state index contributed by atoms with van der Waals surface area (Å²) in [4.78, 5) is 0. The molecule has 22 heavy (non-hydrogen) atoms. The summed E-state index contributed by atoms with van der Waals surface area (Å²) in [7, 11) is 2.17. The van der Waals surface area contributed by atoms with Crippen LogP contribution < -0.4 is 4.57 Å². The molecule has 0 amide bonds. The van der Waals surface area contributed by atoms with Gasteiger partial charge in [0.15, 0.2) is 5.69 Å². The van der Waals surface area contributed by atoms with Crippen LogP contribution in [0.1, 0.15) is 36.6 Å². The Bertz CT molecular complexity index is 844. The average Bonchev–Trinajstić information content (AvgIpc) is 2.49. The quantitative estimate of drug-likeness (QED) is 0.580. The highest BCUT2D eigenvalue weighted by Crippen LogP contribution is 2.32. The summed E-state index contributed by atoms with van der Waals surface area (Å²) in [6.45, 7) is 8.92. The van der Waals surface area contributed by atoms with E-state index in [4.69, 9.17) is 0 Å². The average molecular weight is 290 g/mol. The number of nitrogens with zero attached hydrogens (tertiary/aromatic N) is 1. The van der Waals surface area contributed by atoms with Crippen molar-refractivity contribution in [2.45, 2.75) is 33.6 Å². The van der Waals surface area contributed by atoms with Gasteiger partial charge in [-0.25, -0.2) is 0 Å². The van der Waals surface area contributed by atoms with Crippen molar-refractivity contribution in [3.05, 3.63) is 65.4 Å². The van der Waals surface area contributed by atoms with Crippen LogP contribution in [0, 0.1) is 13.8 Å². The normalized spacial score (nSPS) is 11.4. The molecular formula is C21H24N+. The van der Waals surface area contributed by atoms with Gasteiger partial charge in [0.25, 0.3) is 0 Å². The van der Waals surface area contributed by atoms with Gasteiger partial charge in [0, 0.05) is 18.6 Å². The van der Waals surface area contributed by atoms with Gasteiger partial charge < -0.3 is 0 Å². The Labute approximate surface area is 133 Å². The number of hydrogen-bond acceptors (Lipinski definition) is 0.